The predicted molar refractivity (Wildman–Crippen MR) is 250 cm³/mol. The largest absolute Gasteiger partial charge is 0.335 e. The Bertz CT molecular complexity index is 2530. The molecule has 3 aliphatic heterocycles. The van der Waals surface area contributed by atoms with Crippen molar-refractivity contribution in [2.24, 2.45) is 0 Å². The maximum Gasteiger partial charge on any atom is 0.252 e. The van der Waals surface area contributed by atoms with Crippen molar-refractivity contribution in [2.45, 2.75) is 117 Å². The van der Waals surface area contributed by atoms with E-state index in [1.807, 2.05) is 0 Å². The van der Waals surface area contributed by atoms with E-state index < -0.39 is 0 Å². The van der Waals surface area contributed by atoms with Gasteiger partial charge in [-0.3, -0.25) is 0 Å². The summed E-state index contributed by atoms with van der Waals surface area (Å²) in [6.07, 6.45) is 4.91. The predicted octanol–water partition coefficient (Wildman–Crippen LogP) is 12.7. The molecular formula is C54H58BN3. The molecule has 2 atom stereocenters. The fourth-order valence-electron chi connectivity index (χ4n) is 11.2. The number of rotatable bonds is 4. The molecule has 1 fully saturated rings. The van der Waals surface area contributed by atoms with Crippen LogP contribution in [0.15, 0.2) is 121 Å². The molecule has 0 aromatic heterocycles. The number of nitrogens with zero attached hydrogens (tertiary/aromatic N) is 3. The van der Waals surface area contributed by atoms with Crippen LogP contribution in [0.2, 0.25) is 0 Å². The van der Waals surface area contributed by atoms with Crippen molar-refractivity contribution in [3.63, 3.8) is 0 Å². The second-order valence-electron chi connectivity index (χ2n) is 20.4. The van der Waals surface area contributed by atoms with Crippen molar-refractivity contribution >= 4 is 68.6 Å². The average molecular weight is 760 g/mol. The molecule has 10 rings (SSSR count). The second kappa shape index (κ2) is 12.6. The molecule has 58 heavy (non-hydrogen) atoms. The van der Waals surface area contributed by atoms with Gasteiger partial charge in [-0.05, 0) is 132 Å². The van der Waals surface area contributed by atoms with Crippen molar-refractivity contribution in [2.75, 3.05) is 14.7 Å². The standard InChI is InChI=1S/C54H58BN3/c1-35-16-23-41(24-17-35)57-46-29-18-36(2)32-45(46)55-44-15-13-14-43-50(44)58(54(10)31-12-11-30-53(43,54)9)48-34-42(33-47(57)49(48)55)56(39-25-19-37(20-26-39)51(3,4)5)40-27-21-38(22-28-40)52(6,7)8/h13-29,32-34H,11-12,30-31H2,1-10H3. The summed E-state index contributed by atoms with van der Waals surface area (Å²) in [7, 11) is 0. The van der Waals surface area contributed by atoms with E-state index >= 15 is 0 Å². The summed E-state index contributed by atoms with van der Waals surface area (Å²) >= 11 is 0. The number of benzene rings is 6. The van der Waals surface area contributed by atoms with Crippen LogP contribution in [0.25, 0.3) is 0 Å². The topological polar surface area (TPSA) is 9.72 Å². The summed E-state index contributed by atoms with van der Waals surface area (Å²) in [5, 5.41) is 0. The second-order valence-corrected chi connectivity index (χ2v) is 20.4. The van der Waals surface area contributed by atoms with Crippen LogP contribution in [0.5, 0.6) is 0 Å². The summed E-state index contributed by atoms with van der Waals surface area (Å²) in [5.41, 5.74) is 21.2. The Hall–Kier alpha value is -5.22. The molecule has 0 spiro atoms. The van der Waals surface area contributed by atoms with Crippen molar-refractivity contribution in [3.8, 4) is 0 Å². The van der Waals surface area contributed by atoms with E-state index in [9.17, 15) is 0 Å². The Morgan fingerprint density at radius 3 is 1.78 bits per heavy atom. The number of para-hydroxylation sites is 1. The third kappa shape index (κ3) is 5.32. The third-order valence-electron chi connectivity index (χ3n) is 14.6. The van der Waals surface area contributed by atoms with Gasteiger partial charge in [0.05, 0.1) is 11.2 Å². The van der Waals surface area contributed by atoms with Crippen LogP contribution < -0.4 is 31.1 Å². The van der Waals surface area contributed by atoms with Gasteiger partial charge in [0.15, 0.2) is 0 Å². The molecule has 0 bridgehead atoms. The third-order valence-corrected chi connectivity index (χ3v) is 14.6. The van der Waals surface area contributed by atoms with Crippen LogP contribution in [-0.2, 0) is 16.2 Å². The molecule has 0 radical (unpaired) electrons. The molecule has 3 nitrogen and oxygen atoms in total. The normalized spacial score (nSPS) is 20.3. The average Bonchev–Trinajstić information content (AvgIpc) is 3.40. The zero-order chi connectivity index (χ0) is 40.5. The van der Waals surface area contributed by atoms with Crippen LogP contribution in [0.1, 0.15) is 109 Å². The first-order valence-corrected chi connectivity index (χ1v) is 21.7. The van der Waals surface area contributed by atoms with Gasteiger partial charge in [0.25, 0.3) is 6.71 Å². The van der Waals surface area contributed by atoms with Gasteiger partial charge < -0.3 is 14.7 Å². The van der Waals surface area contributed by atoms with Gasteiger partial charge in [0.2, 0.25) is 0 Å². The fourth-order valence-corrected chi connectivity index (χ4v) is 11.2. The zero-order valence-corrected chi connectivity index (χ0v) is 36.3. The van der Waals surface area contributed by atoms with Gasteiger partial charge in [-0.2, -0.15) is 0 Å². The Labute approximate surface area is 347 Å². The molecule has 0 amide bonds. The smallest absolute Gasteiger partial charge is 0.252 e. The van der Waals surface area contributed by atoms with Crippen molar-refractivity contribution in [1.82, 2.24) is 0 Å². The molecule has 292 valence electrons. The van der Waals surface area contributed by atoms with Crippen LogP contribution >= 0.6 is 0 Å². The number of hydrogen-bond acceptors (Lipinski definition) is 3. The first kappa shape index (κ1) is 37.1. The Kier molecular flexibility index (Phi) is 8.08. The fraction of sp³-hybridized carbons (Fsp3) is 0.333. The maximum absolute atomic E-state index is 2.85. The number of hydrogen-bond donors (Lipinski definition) is 0. The van der Waals surface area contributed by atoms with Crippen molar-refractivity contribution < 1.29 is 0 Å². The van der Waals surface area contributed by atoms with E-state index in [0.717, 1.165) is 0 Å². The molecule has 4 aliphatic rings. The summed E-state index contributed by atoms with van der Waals surface area (Å²) in [6, 6.07) is 47.4. The summed E-state index contributed by atoms with van der Waals surface area (Å²) in [4.78, 5) is 7.94. The molecule has 0 N–H and O–H groups in total. The van der Waals surface area contributed by atoms with Crippen molar-refractivity contribution in [1.29, 1.82) is 0 Å². The molecule has 2 unspecified atom stereocenters. The Balaban J connectivity index is 1.30. The molecule has 3 heterocycles. The van der Waals surface area contributed by atoms with Gasteiger partial charge in [-0.1, -0.05) is 139 Å². The lowest BCUT2D eigenvalue weighted by molar-refractivity contribution is 0.195. The van der Waals surface area contributed by atoms with Crippen molar-refractivity contribution in [3.05, 3.63) is 149 Å². The van der Waals surface area contributed by atoms with E-state index in [1.54, 1.807) is 0 Å². The summed E-state index contributed by atoms with van der Waals surface area (Å²) in [5.74, 6) is 0. The van der Waals surface area contributed by atoms with Gasteiger partial charge in [-0.15, -0.1) is 0 Å². The Morgan fingerprint density at radius 2 is 1.16 bits per heavy atom. The van der Waals surface area contributed by atoms with E-state index in [-0.39, 0.29) is 28.5 Å². The first-order chi connectivity index (χ1) is 27.6. The molecular weight excluding hydrogens is 701 g/mol. The minimum absolute atomic E-state index is 0.0459. The SMILES string of the molecule is Cc1ccc(N2c3ccc(C)cc3B3c4cccc5c4N(c4cc(N(c6ccc(C(C)(C)C)cc6)c6ccc(C(C)(C)C)cc6)cc2c43)C2(C)CCCCC52C)cc1. The highest BCUT2D eigenvalue weighted by atomic mass is 15.3. The molecule has 4 heteroatoms. The van der Waals surface area contributed by atoms with Crippen LogP contribution in [0.3, 0.4) is 0 Å². The minimum atomic E-state index is -0.0594. The van der Waals surface area contributed by atoms with E-state index in [1.165, 1.54) is 115 Å². The highest BCUT2D eigenvalue weighted by Crippen LogP contribution is 2.62. The molecule has 0 saturated heterocycles. The lowest BCUT2D eigenvalue weighted by atomic mass is 9.33. The molecule has 1 saturated carbocycles. The molecule has 6 aromatic rings. The minimum Gasteiger partial charge on any atom is -0.335 e. The van der Waals surface area contributed by atoms with E-state index in [0.29, 0.717) is 0 Å². The van der Waals surface area contributed by atoms with Gasteiger partial charge in [0.1, 0.15) is 0 Å². The van der Waals surface area contributed by atoms with Gasteiger partial charge >= 0.3 is 0 Å². The van der Waals surface area contributed by atoms with Crippen LogP contribution in [0.4, 0.5) is 45.5 Å². The monoisotopic (exact) mass is 759 g/mol. The lowest BCUT2D eigenvalue weighted by Gasteiger charge is -2.53. The number of fused-ring (bicyclic) bond motifs is 7. The number of anilines is 8. The highest BCUT2D eigenvalue weighted by molar-refractivity contribution is 7.00. The summed E-state index contributed by atoms with van der Waals surface area (Å²) in [6.45, 7) is 23.5. The molecule has 1 aliphatic carbocycles. The lowest BCUT2D eigenvalue weighted by Crippen LogP contribution is -2.64. The van der Waals surface area contributed by atoms with E-state index in [4.69, 9.17) is 0 Å². The molecule has 6 aromatic carbocycles. The number of aryl methyl sites for hydroxylation is 2. The van der Waals surface area contributed by atoms with E-state index in [2.05, 4.69) is 205 Å². The maximum atomic E-state index is 2.85. The van der Waals surface area contributed by atoms with Gasteiger partial charge in [-0.25, -0.2) is 0 Å². The Morgan fingerprint density at radius 1 is 0.569 bits per heavy atom. The first-order valence-electron chi connectivity index (χ1n) is 21.7. The van der Waals surface area contributed by atoms with Crippen LogP contribution in [0, 0.1) is 13.8 Å². The zero-order valence-electron chi connectivity index (χ0n) is 36.3. The van der Waals surface area contributed by atoms with Crippen LogP contribution in [-0.4, -0.2) is 12.3 Å². The quantitative estimate of drug-likeness (QED) is 0.166. The highest BCUT2D eigenvalue weighted by Gasteiger charge is 2.61. The summed E-state index contributed by atoms with van der Waals surface area (Å²) < 4.78 is 0. The van der Waals surface area contributed by atoms with Gasteiger partial charge in [0, 0.05) is 45.2 Å².